The largest absolute Gasteiger partial charge is 0.448 e. The Bertz CT molecular complexity index is 2020. The van der Waals surface area contributed by atoms with Crippen molar-refractivity contribution >= 4 is 62.7 Å². The molecule has 4 heterocycles. The van der Waals surface area contributed by atoms with Crippen LogP contribution in [0.15, 0.2) is 135 Å². The van der Waals surface area contributed by atoms with Gasteiger partial charge in [-0.05, 0) is 22.8 Å². The number of pyridine rings is 1. The minimum atomic E-state index is -0.783. The van der Waals surface area contributed by atoms with Crippen molar-refractivity contribution < 1.29 is 19.1 Å². The lowest BCUT2D eigenvalue weighted by Gasteiger charge is -2.49. The maximum atomic E-state index is 14.3. The molecule has 2 atom stereocenters. The number of rotatable bonds is 9. The maximum Gasteiger partial charge on any atom is 0.356 e. The first-order valence-electron chi connectivity index (χ1n) is 14.8. The first kappa shape index (κ1) is 30.9. The number of esters is 1. The van der Waals surface area contributed by atoms with Gasteiger partial charge in [0.25, 0.3) is 5.91 Å². The van der Waals surface area contributed by atoms with E-state index in [1.807, 2.05) is 91.0 Å². The molecule has 0 bridgehead atoms. The number of hydrogen-bond donors (Lipinski definition) is 1. The van der Waals surface area contributed by atoms with Crippen molar-refractivity contribution in [3.63, 3.8) is 0 Å². The number of carbonyl (C=O) groups excluding carboxylic acids is 3. The van der Waals surface area contributed by atoms with E-state index in [0.717, 1.165) is 21.4 Å². The van der Waals surface area contributed by atoms with E-state index < -0.39 is 23.5 Å². The van der Waals surface area contributed by atoms with E-state index in [9.17, 15) is 19.2 Å². The van der Waals surface area contributed by atoms with Gasteiger partial charge in [-0.15, -0.1) is 23.1 Å². The van der Waals surface area contributed by atoms with E-state index in [4.69, 9.17) is 4.74 Å². The highest BCUT2D eigenvalue weighted by atomic mass is 32.2. The quantitative estimate of drug-likeness (QED) is 0.151. The van der Waals surface area contributed by atoms with E-state index in [2.05, 4.69) is 10.3 Å². The summed E-state index contributed by atoms with van der Waals surface area (Å²) in [5.74, 6) is -0.935. The van der Waals surface area contributed by atoms with Crippen molar-refractivity contribution in [2.75, 3.05) is 5.75 Å². The zero-order chi connectivity index (χ0) is 32.3. The molecule has 2 aromatic heterocycles. The van der Waals surface area contributed by atoms with Gasteiger partial charge >= 0.3 is 5.97 Å². The van der Waals surface area contributed by atoms with Gasteiger partial charge in [-0.2, -0.15) is 0 Å². The third kappa shape index (κ3) is 6.47. The highest BCUT2D eigenvalue weighted by molar-refractivity contribution is 8.07. The maximum absolute atomic E-state index is 14.3. The number of benzene rings is 3. The number of hydrogen-bond acceptors (Lipinski definition) is 9. The van der Waals surface area contributed by atoms with Gasteiger partial charge < -0.3 is 10.1 Å². The monoisotopic (exact) mass is 677 g/mol. The zero-order valence-electron chi connectivity index (χ0n) is 24.8. The Morgan fingerprint density at radius 1 is 0.936 bits per heavy atom. The highest BCUT2D eigenvalue weighted by Gasteiger charge is 2.54. The number of nitrogens with one attached hydrogen (secondary N) is 1. The third-order valence-corrected chi connectivity index (χ3v) is 11.6. The Balaban J connectivity index is 1.22. The molecule has 0 saturated carbocycles. The van der Waals surface area contributed by atoms with Gasteiger partial charge in [0.05, 0.1) is 16.0 Å². The lowest BCUT2D eigenvalue weighted by atomic mass is 10.0. The Hall–Kier alpha value is -4.71. The molecule has 47 heavy (non-hydrogen) atoms. The van der Waals surface area contributed by atoms with Crippen molar-refractivity contribution in [3.05, 3.63) is 153 Å². The Kier molecular flexibility index (Phi) is 8.92. The van der Waals surface area contributed by atoms with E-state index >= 15 is 0 Å². The molecule has 2 aliphatic heterocycles. The smallest absolute Gasteiger partial charge is 0.356 e. The van der Waals surface area contributed by atoms with Gasteiger partial charge in [-0.1, -0.05) is 103 Å². The van der Waals surface area contributed by atoms with Crippen LogP contribution in [0.3, 0.4) is 0 Å². The molecule has 1 saturated heterocycles. The second kappa shape index (κ2) is 13.6. The van der Waals surface area contributed by atoms with Crippen LogP contribution in [0.5, 0.6) is 0 Å². The summed E-state index contributed by atoms with van der Waals surface area (Å²) in [6, 6.07) is 30.7. The number of thioether (sulfide) groups is 2. The molecule has 0 radical (unpaired) electrons. The van der Waals surface area contributed by atoms with E-state index in [0.29, 0.717) is 20.3 Å². The summed E-state index contributed by atoms with van der Waals surface area (Å²) in [7, 11) is 0. The molecule has 5 aromatic rings. The molecular formula is C36H27N3O5S3. The van der Waals surface area contributed by atoms with E-state index in [1.54, 1.807) is 18.5 Å². The topological polar surface area (TPSA) is 106 Å². The number of aromatic nitrogens is 1. The van der Waals surface area contributed by atoms with Crippen LogP contribution in [-0.2, 0) is 25.5 Å². The zero-order valence-corrected chi connectivity index (χ0v) is 27.2. The summed E-state index contributed by atoms with van der Waals surface area (Å²) < 4.78 is 7.70. The van der Waals surface area contributed by atoms with Gasteiger partial charge in [0.2, 0.25) is 5.91 Å². The summed E-state index contributed by atoms with van der Waals surface area (Å²) in [5, 5.41) is 2.92. The normalized spacial score (nSPS) is 17.3. The number of fused-ring (bicyclic) bond motifs is 2. The molecule has 2 amide bonds. The van der Waals surface area contributed by atoms with Gasteiger partial charge in [0, 0.05) is 33.8 Å². The molecule has 11 heteroatoms. The van der Waals surface area contributed by atoms with Crippen molar-refractivity contribution in [1.82, 2.24) is 15.2 Å². The number of carbonyl (C=O) groups is 3. The Morgan fingerprint density at radius 3 is 2.28 bits per heavy atom. The van der Waals surface area contributed by atoms with Crippen LogP contribution in [0, 0.1) is 0 Å². The Labute approximate surface area is 282 Å². The summed E-state index contributed by atoms with van der Waals surface area (Å²) in [6.45, 7) is 0. The molecule has 1 N–H and O–H groups in total. The van der Waals surface area contributed by atoms with Crippen molar-refractivity contribution in [2.24, 2.45) is 0 Å². The number of ether oxygens (including phenoxy) is 1. The fraction of sp³-hybridized carbons (Fsp3) is 0.139. The average molecular weight is 678 g/mol. The van der Waals surface area contributed by atoms with Crippen LogP contribution in [0.25, 0.3) is 10.1 Å². The molecule has 234 valence electrons. The third-order valence-electron chi connectivity index (χ3n) is 7.81. The fourth-order valence-corrected chi connectivity index (χ4v) is 9.40. The molecule has 2 aliphatic rings. The van der Waals surface area contributed by atoms with E-state index in [1.165, 1.54) is 45.8 Å². The second-order valence-electron chi connectivity index (χ2n) is 10.9. The van der Waals surface area contributed by atoms with Crippen molar-refractivity contribution in [2.45, 2.75) is 28.1 Å². The lowest BCUT2D eigenvalue weighted by molar-refractivity contribution is -0.154. The lowest BCUT2D eigenvalue weighted by Crippen LogP contribution is -2.70. The van der Waals surface area contributed by atoms with Gasteiger partial charge in [-0.3, -0.25) is 24.3 Å². The molecule has 1 fully saturated rings. The molecule has 7 rings (SSSR count). The fourth-order valence-electron chi connectivity index (χ4n) is 5.56. The SMILES string of the molecule is O=C(Cc1ccccc1)NC1C(=O)N2C(C(=O)OC(c3ccccc3)c3ccccc3)=C(Sc3cc(=O)c4cnccc4s3)CS[C@H]12. The number of nitrogens with zero attached hydrogens (tertiary/aromatic N) is 2. The van der Waals surface area contributed by atoms with Crippen LogP contribution in [0.2, 0.25) is 0 Å². The van der Waals surface area contributed by atoms with Crippen molar-refractivity contribution in [1.29, 1.82) is 0 Å². The molecular weight excluding hydrogens is 651 g/mol. The van der Waals surface area contributed by atoms with Crippen LogP contribution >= 0.6 is 34.9 Å². The average Bonchev–Trinajstić information content (AvgIpc) is 3.10. The molecule has 0 spiro atoms. The van der Waals surface area contributed by atoms with Gasteiger partial charge in [0.15, 0.2) is 11.5 Å². The van der Waals surface area contributed by atoms with Crippen LogP contribution < -0.4 is 10.7 Å². The van der Waals surface area contributed by atoms with Crippen LogP contribution in [-0.4, -0.2) is 44.8 Å². The highest BCUT2D eigenvalue weighted by Crippen LogP contribution is 2.47. The van der Waals surface area contributed by atoms with Gasteiger partial charge in [0.1, 0.15) is 17.1 Å². The van der Waals surface area contributed by atoms with Crippen LogP contribution in [0.4, 0.5) is 0 Å². The predicted octanol–water partition coefficient (Wildman–Crippen LogP) is 5.94. The minimum absolute atomic E-state index is 0.128. The molecule has 8 nitrogen and oxygen atoms in total. The first-order valence-corrected chi connectivity index (χ1v) is 17.5. The molecule has 1 unspecified atom stereocenters. The summed E-state index contributed by atoms with van der Waals surface area (Å²) in [6.07, 6.45) is 2.59. The standard InChI is InChI=1S/C36H27N3O5S3/c40-26-19-30(46-27-16-17-37-20-25(26)27)47-28-21-45-35-31(38-29(41)18-22-10-4-1-5-11-22)34(42)39(35)32(28)36(43)44-33(23-12-6-2-7-13-23)24-14-8-3-9-15-24/h1-17,19-20,31,33,35H,18,21H2,(H,38,41)/t31?,35-/m1/s1. The minimum Gasteiger partial charge on any atom is -0.448 e. The van der Waals surface area contributed by atoms with Crippen LogP contribution in [0.1, 0.15) is 22.8 Å². The van der Waals surface area contributed by atoms with Crippen molar-refractivity contribution in [3.8, 4) is 0 Å². The second-order valence-corrected chi connectivity index (χ2v) is 14.5. The summed E-state index contributed by atoms with van der Waals surface area (Å²) in [5.41, 5.74) is 2.36. The molecule has 3 aromatic carbocycles. The molecule has 0 aliphatic carbocycles. The Morgan fingerprint density at radius 2 is 1.60 bits per heavy atom. The predicted molar refractivity (Wildman–Crippen MR) is 185 cm³/mol. The summed E-state index contributed by atoms with van der Waals surface area (Å²) in [4.78, 5) is 60.0. The number of amides is 2. The summed E-state index contributed by atoms with van der Waals surface area (Å²) >= 11 is 4.16. The van der Waals surface area contributed by atoms with E-state index in [-0.39, 0.29) is 29.4 Å². The first-order chi connectivity index (χ1) is 23.0. The number of β-lactam (4-membered cyclic amide) rings is 1. The van der Waals surface area contributed by atoms with Gasteiger partial charge in [-0.25, -0.2) is 4.79 Å².